The van der Waals surface area contributed by atoms with Gasteiger partial charge < -0.3 is 15.1 Å². The minimum absolute atomic E-state index is 0.0748. The maximum atomic E-state index is 14.8. The van der Waals surface area contributed by atoms with E-state index >= 15 is 0 Å². The molecule has 0 amide bonds. The molecule has 3 N–H and O–H groups in total. The Labute approximate surface area is 185 Å². The number of halogens is 3. The third-order valence-corrected chi connectivity index (χ3v) is 5.40. The molecule has 0 saturated carbocycles. The summed E-state index contributed by atoms with van der Waals surface area (Å²) in [5.41, 5.74) is 5.70. The highest BCUT2D eigenvalue weighted by molar-refractivity contribution is 5.66. The first-order chi connectivity index (χ1) is 15.9. The molecule has 1 aromatic heterocycles. The molecule has 3 heterocycles. The average molecular weight is 450 g/mol. The van der Waals surface area contributed by atoms with Gasteiger partial charge in [0.15, 0.2) is 11.6 Å². The van der Waals surface area contributed by atoms with E-state index in [0.717, 1.165) is 12.1 Å². The smallest absolute Gasteiger partial charge is 0.278 e. The highest BCUT2D eigenvalue weighted by Gasteiger charge is 2.23. The van der Waals surface area contributed by atoms with E-state index in [-0.39, 0.29) is 52.6 Å². The number of imidazole rings is 1. The Bertz CT molecular complexity index is 1470. The maximum Gasteiger partial charge on any atom is 0.278 e. The van der Waals surface area contributed by atoms with Gasteiger partial charge in [0.25, 0.3) is 5.56 Å². The number of H-pyrrole nitrogens is 1. The Hall–Kier alpha value is -4.27. The van der Waals surface area contributed by atoms with Crippen LogP contribution in [0.2, 0.25) is 0 Å². The molecular weight excluding hydrogens is 433 g/mol. The SMILES string of the molecule is Nc1cccc(-c2cn3c(=O)c(Cc4ccco4)nc-3c(Cc3c(F)cccc3F)[nH]2)c1F. The molecule has 166 valence electrons. The van der Waals surface area contributed by atoms with E-state index in [1.54, 1.807) is 18.2 Å². The van der Waals surface area contributed by atoms with E-state index in [9.17, 15) is 18.0 Å². The van der Waals surface area contributed by atoms with Crippen molar-refractivity contribution in [2.75, 3.05) is 5.73 Å². The standard InChI is InChI=1S/C24H17F3N4O2/c25-16-6-2-7-17(26)15(16)11-19-23-30-20(10-13-4-3-9-33-13)24(32)31(23)12-21(29-19)14-5-1-8-18(28)22(14)27/h1-9,12,29H,10-11,28H2. The number of fused-ring (bicyclic) bond motifs is 1. The lowest BCUT2D eigenvalue weighted by molar-refractivity contribution is 0.519. The van der Waals surface area contributed by atoms with Crippen LogP contribution in [0.4, 0.5) is 18.9 Å². The van der Waals surface area contributed by atoms with Crippen LogP contribution in [0.3, 0.4) is 0 Å². The zero-order valence-corrected chi connectivity index (χ0v) is 17.1. The Balaban J connectivity index is 1.72. The number of nitrogens with one attached hydrogen (secondary N) is 1. The number of nitrogens with two attached hydrogens (primary N) is 1. The van der Waals surface area contributed by atoms with Crippen molar-refractivity contribution in [3.63, 3.8) is 0 Å². The predicted octanol–water partition coefficient (Wildman–Crippen LogP) is 4.44. The van der Waals surface area contributed by atoms with Crippen LogP contribution in [0, 0.1) is 17.5 Å². The van der Waals surface area contributed by atoms with Gasteiger partial charge in [-0.05, 0) is 36.4 Å². The second-order valence-corrected chi connectivity index (χ2v) is 7.55. The van der Waals surface area contributed by atoms with Gasteiger partial charge in [-0.25, -0.2) is 18.2 Å². The quantitative estimate of drug-likeness (QED) is 0.388. The molecule has 3 aromatic rings. The normalized spacial score (nSPS) is 11.4. The van der Waals surface area contributed by atoms with Crippen molar-refractivity contribution in [3.8, 4) is 17.1 Å². The number of hydrogen-bond donors (Lipinski definition) is 2. The summed E-state index contributed by atoms with van der Waals surface area (Å²) in [6.07, 6.45) is 2.77. The van der Waals surface area contributed by atoms with E-state index in [0.29, 0.717) is 5.76 Å². The molecule has 0 atom stereocenters. The van der Waals surface area contributed by atoms with Gasteiger partial charge in [-0.3, -0.25) is 9.36 Å². The van der Waals surface area contributed by atoms with E-state index in [4.69, 9.17) is 10.2 Å². The van der Waals surface area contributed by atoms with Gasteiger partial charge >= 0.3 is 0 Å². The van der Waals surface area contributed by atoms with Crippen LogP contribution in [0.5, 0.6) is 0 Å². The summed E-state index contributed by atoms with van der Waals surface area (Å²) in [6, 6.07) is 11.4. The van der Waals surface area contributed by atoms with Crippen LogP contribution in [0.1, 0.15) is 22.7 Å². The number of aromatic amines is 1. The van der Waals surface area contributed by atoms with E-state index in [1.165, 1.54) is 35.2 Å². The summed E-state index contributed by atoms with van der Waals surface area (Å²) in [7, 11) is 0. The van der Waals surface area contributed by atoms with Gasteiger partial charge in [0.05, 0.1) is 29.8 Å². The van der Waals surface area contributed by atoms with Crippen molar-refractivity contribution in [1.29, 1.82) is 0 Å². The van der Waals surface area contributed by atoms with Crippen molar-refractivity contribution in [2.24, 2.45) is 0 Å². The molecule has 9 heteroatoms. The lowest BCUT2D eigenvalue weighted by atomic mass is 10.1. The number of nitrogen functional groups attached to an aromatic ring is 1. The molecule has 0 aliphatic carbocycles. The number of furan rings is 1. The lowest BCUT2D eigenvalue weighted by Gasteiger charge is -2.14. The van der Waals surface area contributed by atoms with Crippen molar-refractivity contribution in [2.45, 2.75) is 12.8 Å². The molecular formula is C24H17F3N4O2. The second kappa shape index (κ2) is 8.01. The third-order valence-electron chi connectivity index (χ3n) is 5.40. The molecule has 0 fully saturated rings. The largest absolute Gasteiger partial charge is 0.469 e. The molecule has 0 unspecified atom stereocenters. The topological polar surface area (TPSA) is 89.8 Å². The summed E-state index contributed by atoms with van der Waals surface area (Å²) in [5, 5.41) is 0. The van der Waals surface area contributed by atoms with Crippen LogP contribution in [-0.4, -0.2) is 14.5 Å². The molecule has 0 saturated heterocycles. The van der Waals surface area contributed by atoms with Crippen molar-refractivity contribution < 1.29 is 17.6 Å². The van der Waals surface area contributed by atoms with Gasteiger partial charge in [0.2, 0.25) is 0 Å². The molecule has 2 aliphatic rings. The number of benzene rings is 2. The van der Waals surface area contributed by atoms with Crippen molar-refractivity contribution >= 4 is 5.69 Å². The van der Waals surface area contributed by atoms with Crippen molar-refractivity contribution in [1.82, 2.24) is 14.5 Å². The monoisotopic (exact) mass is 450 g/mol. The maximum absolute atomic E-state index is 14.8. The third kappa shape index (κ3) is 3.67. The minimum Gasteiger partial charge on any atom is -0.469 e. The number of anilines is 1. The fraction of sp³-hybridized carbons (Fsp3) is 0.0833. The van der Waals surface area contributed by atoms with E-state index in [2.05, 4.69) is 9.97 Å². The Kier molecular flexibility index (Phi) is 5.01. The fourth-order valence-corrected chi connectivity index (χ4v) is 3.77. The van der Waals surface area contributed by atoms with Crippen LogP contribution >= 0.6 is 0 Å². The molecule has 0 bridgehead atoms. The second-order valence-electron chi connectivity index (χ2n) is 7.55. The number of aromatic nitrogens is 3. The molecule has 6 nitrogen and oxygen atoms in total. The highest BCUT2D eigenvalue weighted by atomic mass is 19.1. The number of nitrogens with zero attached hydrogens (tertiary/aromatic N) is 2. The van der Waals surface area contributed by atoms with Gasteiger partial charge in [0, 0.05) is 23.7 Å². The van der Waals surface area contributed by atoms with Crippen LogP contribution in [0.15, 0.2) is 70.2 Å². The Morgan fingerprint density at radius 1 is 1.00 bits per heavy atom. The lowest BCUT2D eigenvalue weighted by Crippen LogP contribution is -2.18. The summed E-state index contributed by atoms with van der Waals surface area (Å²) in [5.74, 6) is -1.46. The molecule has 0 spiro atoms. The van der Waals surface area contributed by atoms with E-state index < -0.39 is 23.0 Å². The first-order valence-electron chi connectivity index (χ1n) is 10.0. The number of rotatable bonds is 5. The van der Waals surface area contributed by atoms with Gasteiger partial charge in [0.1, 0.15) is 23.1 Å². The van der Waals surface area contributed by atoms with Crippen LogP contribution in [0.25, 0.3) is 17.1 Å². The summed E-state index contributed by atoms with van der Waals surface area (Å²) < 4.78 is 50.1. The summed E-state index contributed by atoms with van der Waals surface area (Å²) in [4.78, 5) is 20.5. The summed E-state index contributed by atoms with van der Waals surface area (Å²) in [6.45, 7) is 0. The van der Waals surface area contributed by atoms with Crippen molar-refractivity contribution in [3.05, 3.63) is 112 Å². The molecule has 5 rings (SSSR count). The van der Waals surface area contributed by atoms with E-state index in [1.807, 2.05) is 0 Å². The van der Waals surface area contributed by atoms with Gasteiger partial charge in [-0.2, -0.15) is 0 Å². The first kappa shape index (κ1) is 20.6. The van der Waals surface area contributed by atoms with Crippen LogP contribution < -0.4 is 11.3 Å². The predicted molar refractivity (Wildman–Crippen MR) is 116 cm³/mol. The molecule has 2 aliphatic heterocycles. The minimum atomic E-state index is -0.744. The summed E-state index contributed by atoms with van der Waals surface area (Å²) >= 11 is 0. The highest BCUT2D eigenvalue weighted by Crippen LogP contribution is 2.28. The Morgan fingerprint density at radius 2 is 1.76 bits per heavy atom. The molecule has 0 radical (unpaired) electrons. The van der Waals surface area contributed by atoms with Gasteiger partial charge in [-0.1, -0.05) is 12.1 Å². The molecule has 33 heavy (non-hydrogen) atoms. The van der Waals surface area contributed by atoms with Gasteiger partial charge in [-0.15, -0.1) is 0 Å². The zero-order valence-electron chi connectivity index (χ0n) is 17.1. The average Bonchev–Trinajstić information content (AvgIpc) is 3.41. The first-order valence-corrected chi connectivity index (χ1v) is 10.0. The zero-order chi connectivity index (χ0) is 23.1. The number of hydrogen-bond acceptors (Lipinski definition) is 4. The molecule has 2 aromatic carbocycles. The fourth-order valence-electron chi connectivity index (χ4n) is 3.77. The Morgan fingerprint density at radius 3 is 2.48 bits per heavy atom. The van der Waals surface area contributed by atoms with Crippen LogP contribution in [-0.2, 0) is 12.8 Å².